The zero-order valence-electron chi connectivity index (χ0n) is 11.0. The zero-order chi connectivity index (χ0) is 17.2. The fourth-order valence-corrected chi connectivity index (χ4v) is 2.99. The molecular weight excluding hydrogens is 466 g/mol. The van der Waals surface area contributed by atoms with Crippen LogP contribution in [0.2, 0.25) is 5.02 Å². The number of nitrogens with one attached hydrogen (secondary N) is 1. The number of hydrogen-bond donors (Lipinski definition) is 2. The summed E-state index contributed by atoms with van der Waals surface area (Å²) in [6.07, 6.45) is -2.59. The summed E-state index contributed by atoms with van der Waals surface area (Å²) in [6.45, 7) is 0. The fourth-order valence-electron chi connectivity index (χ4n) is 1.52. The summed E-state index contributed by atoms with van der Waals surface area (Å²) in [5, 5.41) is 13.4. The smallest absolute Gasteiger partial charge is 0.417 e. The first-order chi connectivity index (χ1) is 10.7. The first kappa shape index (κ1) is 18.0. The van der Waals surface area contributed by atoms with E-state index >= 15 is 0 Å². The Morgan fingerprint density at radius 2 is 1.96 bits per heavy atom. The highest BCUT2D eigenvalue weighted by molar-refractivity contribution is 9.11. The highest BCUT2D eigenvalue weighted by Crippen LogP contribution is 2.33. The Morgan fingerprint density at radius 3 is 2.57 bits per heavy atom. The lowest BCUT2D eigenvalue weighted by Crippen LogP contribution is -2.06. The van der Waals surface area contributed by atoms with Gasteiger partial charge in [-0.3, -0.25) is 5.43 Å². The normalized spacial score (nSPS) is 11.9. The van der Waals surface area contributed by atoms with Crippen molar-refractivity contribution >= 4 is 55.5 Å². The van der Waals surface area contributed by atoms with E-state index in [4.69, 9.17) is 11.6 Å². The predicted molar refractivity (Wildman–Crippen MR) is 89.0 cm³/mol. The minimum absolute atomic E-state index is 0.0368. The minimum atomic E-state index is -4.52. The van der Waals surface area contributed by atoms with Crippen LogP contribution in [0.5, 0.6) is 5.75 Å². The topological polar surface area (TPSA) is 57.5 Å². The molecule has 0 unspecified atom stereocenters. The van der Waals surface area contributed by atoms with Crippen LogP contribution in [0.3, 0.4) is 0 Å². The number of nitrogens with zero attached hydrogens (tertiary/aromatic N) is 2. The molecule has 1 aromatic carbocycles. The van der Waals surface area contributed by atoms with E-state index in [1.165, 1.54) is 6.21 Å². The second kappa shape index (κ2) is 7.06. The van der Waals surface area contributed by atoms with Gasteiger partial charge in [-0.25, -0.2) is 4.98 Å². The number of aromatic hydroxyl groups is 1. The third-order valence-electron chi connectivity index (χ3n) is 2.60. The molecule has 4 nitrogen and oxygen atoms in total. The molecule has 0 aliphatic rings. The molecule has 0 fully saturated rings. The van der Waals surface area contributed by atoms with Crippen LogP contribution < -0.4 is 5.43 Å². The molecule has 122 valence electrons. The van der Waals surface area contributed by atoms with Gasteiger partial charge in [-0.05, 0) is 34.1 Å². The number of hydrazone groups is 1. The van der Waals surface area contributed by atoms with Crippen molar-refractivity contribution < 1.29 is 18.3 Å². The first-order valence-electron chi connectivity index (χ1n) is 5.88. The Kier molecular flexibility index (Phi) is 5.53. The van der Waals surface area contributed by atoms with E-state index in [0.29, 0.717) is 20.7 Å². The Bertz CT molecular complexity index is 769. The molecule has 10 heteroatoms. The minimum Gasteiger partial charge on any atom is -0.506 e. The average molecular weight is 473 g/mol. The summed E-state index contributed by atoms with van der Waals surface area (Å²) in [5.41, 5.74) is 1.85. The van der Waals surface area contributed by atoms with Gasteiger partial charge in [0.05, 0.1) is 21.3 Å². The molecule has 0 saturated carbocycles. The highest BCUT2D eigenvalue weighted by Gasteiger charge is 2.31. The second-order valence-electron chi connectivity index (χ2n) is 4.25. The van der Waals surface area contributed by atoms with Crippen LogP contribution in [0, 0.1) is 0 Å². The van der Waals surface area contributed by atoms with Crippen LogP contribution in [0.4, 0.5) is 19.0 Å². The van der Waals surface area contributed by atoms with E-state index in [-0.39, 0.29) is 16.6 Å². The first-order valence-corrected chi connectivity index (χ1v) is 7.84. The second-order valence-corrected chi connectivity index (χ2v) is 6.42. The van der Waals surface area contributed by atoms with Crippen LogP contribution in [0.25, 0.3) is 0 Å². The van der Waals surface area contributed by atoms with Gasteiger partial charge >= 0.3 is 6.18 Å². The standard InChI is InChI=1S/C13H7Br2ClF3N3O/c14-8-1-6(11(23)9(15)3-8)4-21-22-12-10(16)2-7(5-20-12)13(17,18)19/h1-5,23H,(H,20,22)/b21-4+. The Balaban J connectivity index is 2.18. The molecule has 0 atom stereocenters. The maximum Gasteiger partial charge on any atom is 0.417 e. The van der Waals surface area contributed by atoms with Crippen LogP contribution in [-0.2, 0) is 6.18 Å². The van der Waals surface area contributed by atoms with E-state index in [1.807, 2.05) is 0 Å². The molecule has 2 aromatic rings. The molecule has 23 heavy (non-hydrogen) atoms. The summed E-state index contributed by atoms with van der Waals surface area (Å²) < 4.78 is 38.7. The van der Waals surface area contributed by atoms with E-state index in [9.17, 15) is 18.3 Å². The number of phenols is 1. The van der Waals surface area contributed by atoms with Crippen molar-refractivity contribution in [3.8, 4) is 5.75 Å². The Hall–Kier alpha value is -1.32. The largest absolute Gasteiger partial charge is 0.506 e. The number of aromatic nitrogens is 1. The van der Waals surface area contributed by atoms with Gasteiger partial charge in [0.2, 0.25) is 0 Å². The van der Waals surface area contributed by atoms with Crippen LogP contribution in [0.15, 0.2) is 38.4 Å². The summed E-state index contributed by atoms with van der Waals surface area (Å²) in [6, 6.07) is 4.00. The van der Waals surface area contributed by atoms with Gasteiger partial charge < -0.3 is 5.11 Å². The van der Waals surface area contributed by atoms with Gasteiger partial charge in [0.15, 0.2) is 5.82 Å². The fraction of sp³-hybridized carbons (Fsp3) is 0.0769. The van der Waals surface area contributed by atoms with Crippen molar-refractivity contribution in [3.05, 3.63) is 49.5 Å². The Labute approximate surface area is 150 Å². The van der Waals surface area contributed by atoms with Crippen molar-refractivity contribution in [1.82, 2.24) is 4.98 Å². The third kappa shape index (κ3) is 4.58. The highest BCUT2D eigenvalue weighted by atomic mass is 79.9. The average Bonchev–Trinajstić information content (AvgIpc) is 2.44. The predicted octanol–water partition coefficient (Wildman–Crippen LogP) is 5.43. The number of halogens is 6. The maximum atomic E-state index is 12.5. The van der Waals surface area contributed by atoms with Crippen LogP contribution >= 0.6 is 43.5 Å². The van der Waals surface area contributed by atoms with Gasteiger partial charge in [-0.2, -0.15) is 18.3 Å². The van der Waals surface area contributed by atoms with Crippen molar-refractivity contribution in [3.63, 3.8) is 0 Å². The monoisotopic (exact) mass is 471 g/mol. The van der Waals surface area contributed by atoms with E-state index in [2.05, 4.69) is 47.4 Å². The Morgan fingerprint density at radius 1 is 1.26 bits per heavy atom. The molecule has 0 amide bonds. The molecule has 2 rings (SSSR count). The lowest BCUT2D eigenvalue weighted by atomic mass is 10.2. The van der Waals surface area contributed by atoms with Crippen LogP contribution in [-0.4, -0.2) is 16.3 Å². The quantitative estimate of drug-likeness (QED) is 0.462. The number of hydrogen-bond acceptors (Lipinski definition) is 4. The van der Waals surface area contributed by atoms with E-state index in [1.54, 1.807) is 12.1 Å². The lowest BCUT2D eigenvalue weighted by Gasteiger charge is -2.08. The van der Waals surface area contributed by atoms with Crippen molar-refractivity contribution in [1.29, 1.82) is 0 Å². The summed E-state index contributed by atoms with van der Waals surface area (Å²) in [7, 11) is 0. The number of rotatable bonds is 3. The van der Waals surface area contributed by atoms with Gasteiger partial charge in [-0.15, -0.1) is 0 Å². The molecule has 0 spiro atoms. The van der Waals surface area contributed by atoms with Crippen molar-refractivity contribution in [2.75, 3.05) is 5.43 Å². The zero-order valence-corrected chi connectivity index (χ0v) is 14.9. The third-order valence-corrected chi connectivity index (χ3v) is 3.95. The number of pyridine rings is 1. The van der Waals surface area contributed by atoms with Gasteiger partial charge in [0.1, 0.15) is 5.75 Å². The molecule has 0 aliphatic heterocycles. The van der Waals surface area contributed by atoms with Gasteiger partial charge in [0, 0.05) is 16.2 Å². The SMILES string of the molecule is Oc1c(Br)cc(Br)cc1/C=N/Nc1ncc(C(F)(F)F)cc1Cl. The number of phenolic OH excluding ortho intramolecular Hbond substituents is 1. The van der Waals surface area contributed by atoms with Crippen LogP contribution in [0.1, 0.15) is 11.1 Å². The number of anilines is 1. The van der Waals surface area contributed by atoms with Crippen molar-refractivity contribution in [2.45, 2.75) is 6.18 Å². The number of benzene rings is 1. The molecule has 2 N–H and O–H groups in total. The number of alkyl halides is 3. The van der Waals surface area contributed by atoms with E-state index in [0.717, 1.165) is 6.07 Å². The summed E-state index contributed by atoms with van der Waals surface area (Å²) >= 11 is 12.2. The maximum absolute atomic E-state index is 12.5. The summed E-state index contributed by atoms with van der Waals surface area (Å²) in [5.74, 6) is -0.0744. The van der Waals surface area contributed by atoms with Crippen molar-refractivity contribution in [2.24, 2.45) is 5.10 Å². The molecule has 0 bridgehead atoms. The molecule has 0 aliphatic carbocycles. The molecule has 0 saturated heterocycles. The molecule has 1 aromatic heterocycles. The summed E-state index contributed by atoms with van der Waals surface area (Å²) in [4.78, 5) is 3.58. The van der Waals surface area contributed by atoms with Gasteiger partial charge in [0.25, 0.3) is 0 Å². The molecule has 1 heterocycles. The lowest BCUT2D eigenvalue weighted by molar-refractivity contribution is -0.137. The molecule has 0 radical (unpaired) electrons. The van der Waals surface area contributed by atoms with Gasteiger partial charge in [-0.1, -0.05) is 27.5 Å². The van der Waals surface area contributed by atoms with E-state index < -0.39 is 11.7 Å². The molecular formula is C13H7Br2ClF3N3O.